The van der Waals surface area contributed by atoms with E-state index in [0.717, 1.165) is 37.8 Å². The lowest BCUT2D eigenvalue weighted by Gasteiger charge is -2.38. The number of likely N-dealkylation sites (tertiary alicyclic amines) is 1. The Labute approximate surface area is 146 Å². The molecular formula is C20H31N3O. The van der Waals surface area contributed by atoms with E-state index in [1.54, 1.807) is 0 Å². The van der Waals surface area contributed by atoms with Crippen LogP contribution in [0.25, 0.3) is 0 Å². The molecule has 1 heterocycles. The first-order chi connectivity index (χ1) is 11.8. The topological polar surface area (TPSA) is 36.9 Å². The number of guanidine groups is 1. The zero-order chi connectivity index (χ0) is 16.8. The molecule has 1 saturated carbocycles. The molecule has 24 heavy (non-hydrogen) atoms. The third-order valence-corrected chi connectivity index (χ3v) is 5.40. The Morgan fingerprint density at radius 1 is 1.25 bits per heavy atom. The second-order valence-electron chi connectivity index (χ2n) is 7.05. The summed E-state index contributed by atoms with van der Waals surface area (Å²) >= 11 is 0. The van der Waals surface area contributed by atoms with Crippen molar-refractivity contribution in [2.75, 3.05) is 32.8 Å². The normalized spacial score (nSPS) is 19.4. The van der Waals surface area contributed by atoms with Crippen LogP contribution in [0.3, 0.4) is 0 Å². The van der Waals surface area contributed by atoms with Gasteiger partial charge in [0.05, 0.1) is 6.61 Å². The molecule has 1 spiro atoms. The molecule has 0 atom stereocenters. The Morgan fingerprint density at radius 2 is 2.08 bits per heavy atom. The number of para-hydroxylation sites is 1. The van der Waals surface area contributed by atoms with Crippen LogP contribution in [0.15, 0.2) is 29.3 Å². The second-order valence-corrected chi connectivity index (χ2v) is 7.05. The van der Waals surface area contributed by atoms with E-state index < -0.39 is 0 Å². The van der Waals surface area contributed by atoms with Crippen molar-refractivity contribution in [3.8, 4) is 5.75 Å². The number of ether oxygens (including phenoxy) is 1. The molecule has 1 saturated heterocycles. The summed E-state index contributed by atoms with van der Waals surface area (Å²) < 4.78 is 5.72. The molecule has 1 N–H and O–H groups in total. The van der Waals surface area contributed by atoms with E-state index in [-0.39, 0.29) is 0 Å². The fourth-order valence-electron chi connectivity index (χ4n) is 3.92. The molecule has 2 fully saturated rings. The highest BCUT2D eigenvalue weighted by molar-refractivity contribution is 5.80. The van der Waals surface area contributed by atoms with Gasteiger partial charge in [0.1, 0.15) is 5.75 Å². The van der Waals surface area contributed by atoms with Gasteiger partial charge < -0.3 is 15.0 Å². The Bertz CT molecular complexity index is 566. The lowest BCUT2D eigenvalue weighted by atomic mass is 9.68. The highest BCUT2D eigenvalue weighted by Crippen LogP contribution is 2.47. The summed E-state index contributed by atoms with van der Waals surface area (Å²) in [6.45, 7) is 8.96. The van der Waals surface area contributed by atoms with E-state index in [0.29, 0.717) is 12.0 Å². The van der Waals surface area contributed by atoms with Gasteiger partial charge in [0.25, 0.3) is 0 Å². The molecule has 0 aromatic heterocycles. The predicted octanol–water partition coefficient (Wildman–Crippen LogP) is 3.47. The van der Waals surface area contributed by atoms with E-state index in [1.165, 1.54) is 37.8 Å². The summed E-state index contributed by atoms with van der Waals surface area (Å²) in [7, 11) is 0. The minimum absolute atomic E-state index is 0.609. The zero-order valence-electron chi connectivity index (χ0n) is 15.2. The summed E-state index contributed by atoms with van der Waals surface area (Å²) in [5.74, 6) is 2.09. The first-order valence-electron chi connectivity index (χ1n) is 9.50. The quantitative estimate of drug-likeness (QED) is 0.641. The number of nitrogens with zero attached hydrogens (tertiary/aromatic N) is 2. The van der Waals surface area contributed by atoms with Crippen molar-refractivity contribution < 1.29 is 4.74 Å². The van der Waals surface area contributed by atoms with Crippen LogP contribution < -0.4 is 10.1 Å². The molecular weight excluding hydrogens is 298 g/mol. The Balaban J connectivity index is 1.60. The van der Waals surface area contributed by atoms with Gasteiger partial charge in [-0.2, -0.15) is 0 Å². The number of hydrogen-bond donors (Lipinski definition) is 1. The Morgan fingerprint density at radius 3 is 2.75 bits per heavy atom. The summed E-state index contributed by atoms with van der Waals surface area (Å²) in [6, 6.07) is 8.30. The molecule has 0 unspecified atom stereocenters. The standard InChI is InChI=1S/C20H31N3O/c1-3-21-19(23-15-13-20(16-23)11-7-12-20)22-14-10-17-8-5-6-9-18(17)24-4-2/h5-6,8-9H,3-4,7,10-16H2,1-2H3,(H,21,22). The smallest absolute Gasteiger partial charge is 0.193 e. The Hall–Kier alpha value is -1.71. The molecule has 3 rings (SSSR count). The number of hydrogen-bond acceptors (Lipinski definition) is 2. The average Bonchev–Trinajstić information content (AvgIpc) is 3.02. The van der Waals surface area contributed by atoms with Gasteiger partial charge in [-0.25, -0.2) is 0 Å². The van der Waals surface area contributed by atoms with E-state index in [1.807, 2.05) is 13.0 Å². The van der Waals surface area contributed by atoms with E-state index in [4.69, 9.17) is 9.73 Å². The average molecular weight is 329 g/mol. The predicted molar refractivity (Wildman–Crippen MR) is 99.8 cm³/mol. The van der Waals surface area contributed by atoms with Gasteiger partial charge >= 0.3 is 0 Å². The van der Waals surface area contributed by atoms with Gasteiger partial charge in [-0.3, -0.25) is 4.99 Å². The molecule has 4 heteroatoms. The number of benzene rings is 1. The van der Waals surface area contributed by atoms with Gasteiger partial charge in [-0.15, -0.1) is 0 Å². The molecule has 1 aliphatic heterocycles. The van der Waals surface area contributed by atoms with Crippen LogP contribution in [-0.4, -0.2) is 43.6 Å². The van der Waals surface area contributed by atoms with Crippen molar-refractivity contribution >= 4 is 5.96 Å². The van der Waals surface area contributed by atoms with Crippen LogP contribution in [0.1, 0.15) is 45.1 Å². The monoisotopic (exact) mass is 329 g/mol. The first kappa shape index (κ1) is 17.1. The third kappa shape index (κ3) is 3.85. The molecule has 0 radical (unpaired) electrons. The second kappa shape index (κ2) is 7.91. The molecule has 1 aliphatic carbocycles. The van der Waals surface area contributed by atoms with Crippen LogP contribution in [0.4, 0.5) is 0 Å². The molecule has 0 amide bonds. The van der Waals surface area contributed by atoms with Crippen molar-refractivity contribution in [2.24, 2.45) is 10.4 Å². The van der Waals surface area contributed by atoms with E-state index in [9.17, 15) is 0 Å². The van der Waals surface area contributed by atoms with Crippen molar-refractivity contribution in [3.05, 3.63) is 29.8 Å². The van der Waals surface area contributed by atoms with Crippen LogP contribution in [0.5, 0.6) is 5.75 Å². The van der Waals surface area contributed by atoms with Gasteiger partial charge in [-0.05, 0) is 56.6 Å². The number of aliphatic imine (C=N–C) groups is 1. The van der Waals surface area contributed by atoms with Crippen LogP contribution >= 0.6 is 0 Å². The first-order valence-corrected chi connectivity index (χ1v) is 9.50. The van der Waals surface area contributed by atoms with Crippen molar-refractivity contribution in [1.82, 2.24) is 10.2 Å². The molecule has 4 nitrogen and oxygen atoms in total. The summed E-state index contributed by atoms with van der Waals surface area (Å²) in [6.07, 6.45) is 6.49. The fourth-order valence-corrected chi connectivity index (χ4v) is 3.92. The highest BCUT2D eigenvalue weighted by atomic mass is 16.5. The van der Waals surface area contributed by atoms with Crippen molar-refractivity contribution in [2.45, 2.75) is 46.0 Å². The van der Waals surface area contributed by atoms with Crippen LogP contribution in [-0.2, 0) is 6.42 Å². The van der Waals surface area contributed by atoms with Crippen LogP contribution in [0, 0.1) is 5.41 Å². The summed E-state index contributed by atoms with van der Waals surface area (Å²) in [4.78, 5) is 7.36. The molecule has 1 aromatic carbocycles. The minimum Gasteiger partial charge on any atom is -0.494 e. The molecule has 132 valence electrons. The third-order valence-electron chi connectivity index (χ3n) is 5.40. The zero-order valence-corrected chi connectivity index (χ0v) is 15.2. The molecule has 1 aromatic rings. The maximum absolute atomic E-state index is 5.72. The lowest BCUT2D eigenvalue weighted by Crippen LogP contribution is -2.42. The number of rotatable bonds is 6. The molecule has 2 aliphatic rings. The van der Waals surface area contributed by atoms with Gasteiger partial charge in [0.2, 0.25) is 0 Å². The van der Waals surface area contributed by atoms with Crippen molar-refractivity contribution in [3.63, 3.8) is 0 Å². The minimum atomic E-state index is 0.609. The number of nitrogens with one attached hydrogen (secondary N) is 1. The van der Waals surface area contributed by atoms with Crippen molar-refractivity contribution in [1.29, 1.82) is 0 Å². The SMILES string of the molecule is CCNC(=NCCc1ccccc1OCC)N1CCC2(CCC2)C1. The van der Waals surface area contributed by atoms with Gasteiger partial charge in [0, 0.05) is 26.2 Å². The highest BCUT2D eigenvalue weighted by Gasteiger charge is 2.43. The molecule has 0 bridgehead atoms. The lowest BCUT2D eigenvalue weighted by molar-refractivity contribution is 0.151. The maximum atomic E-state index is 5.72. The summed E-state index contributed by atoms with van der Waals surface area (Å²) in [5.41, 5.74) is 1.86. The maximum Gasteiger partial charge on any atom is 0.193 e. The van der Waals surface area contributed by atoms with E-state index >= 15 is 0 Å². The van der Waals surface area contributed by atoms with Gasteiger partial charge in [0.15, 0.2) is 5.96 Å². The largest absolute Gasteiger partial charge is 0.494 e. The summed E-state index contributed by atoms with van der Waals surface area (Å²) in [5, 5.41) is 3.48. The van der Waals surface area contributed by atoms with Gasteiger partial charge in [-0.1, -0.05) is 24.6 Å². The fraction of sp³-hybridized carbons (Fsp3) is 0.650. The van der Waals surface area contributed by atoms with E-state index in [2.05, 4.69) is 35.3 Å². The Kier molecular flexibility index (Phi) is 5.64. The van der Waals surface area contributed by atoms with Crippen LogP contribution in [0.2, 0.25) is 0 Å².